The summed E-state index contributed by atoms with van der Waals surface area (Å²) in [5, 5.41) is 6.34. The van der Waals surface area contributed by atoms with Crippen molar-refractivity contribution in [3.05, 3.63) is 0 Å². The van der Waals surface area contributed by atoms with Crippen molar-refractivity contribution < 1.29 is 4.79 Å². The van der Waals surface area contributed by atoms with E-state index in [-0.39, 0.29) is 11.3 Å². The number of hydrogen-bond acceptors (Lipinski definition) is 3. The summed E-state index contributed by atoms with van der Waals surface area (Å²) >= 11 is 0. The smallest absolute Gasteiger partial charge is 0.227 e. The first-order valence-electron chi connectivity index (χ1n) is 7.32. The molecule has 2 saturated heterocycles. The average molecular weight is 253 g/mol. The van der Waals surface area contributed by atoms with Crippen LogP contribution in [0.5, 0.6) is 0 Å². The average Bonchev–Trinajstić information content (AvgIpc) is 2.99. The lowest BCUT2D eigenvalue weighted by Crippen LogP contribution is -2.39. The molecule has 2 unspecified atom stereocenters. The summed E-state index contributed by atoms with van der Waals surface area (Å²) in [5.41, 5.74) is -0.166. The Labute approximate surface area is 110 Å². The van der Waals surface area contributed by atoms with E-state index in [2.05, 4.69) is 22.5 Å². The summed E-state index contributed by atoms with van der Waals surface area (Å²) in [7, 11) is 1.74. The molecule has 2 atom stereocenters. The second kappa shape index (κ2) is 6.02. The van der Waals surface area contributed by atoms with Gasteiger partial charge in [-0.05, 0) is 58.7 Å². The monoisotopic (exact) mass is 253 g/mol. The van der Waals surface area contributed by atoms with Crippen LogP contribution in [0.15, 0.2) is 0 Å². The Balaban J connectivity index is 1.67. The van der Waals surface area contributed by atoms with E-state index in [0.717, 1.165) is 32.1 Å². The molecule has 104 valence electrons. The molecule has 0 aromatic heterocycles. The van der Waals surface area contributed by atoms with E-state index in [1.54, 1.807) is 7.05 Å². The van der Waals surface area contributed by atoms with E-state index in [0.29, 0.717) is 0 Å². The third-order valence-corrected chi connectivity index (χ3v) is 4.52. The number of nitrogens with zero attached hydrogens (tertiary/aromatic N) is 1. The minimum Gasteiger partial charge on any atom is -0.359 e. The molecule has 0 aromatic rings. The summed E-state index contributed by atoms with van der Waals surface area (Å²) in [5.74, 6) is 0.197. The highest BCUT2D eigenvalue weighted by molar-refractivity contribution is 5.82. The normalized spacial score (nSPS) is 32.9. The Morgan fingerprint density at radius 1 is 1.56 bits per heavy atom. The lowest BCUT2D eigenvalue weighted by molar-refractivity contribution is -0.129. The molecule has 0 radical (unpaired) electrons. The topological polar surface area (TPSA) is 44.4 Å². The third-order valence-electron chi connectivity index (χ3n) is 4.52. The maximum absolute atomic E-state index is 11.8. The molecule has 0 aliphatic carbocycles. The van der Waals surface area contributed by atoms with Crippen LogP contribution < -0.4 is 10.6 Å². The Kier molecular flexibility index (Phi) is 4.62. The van der Waals surface area contributed by atoms with Crippen molar-refractivity contribution in [3.8, 4) is 0 Å². The van der Waals surface area contributed by atoms with Crippen molar-refractivity contribution in [1.82, 2.24) is 15.5 Å². The summed E-state index contributed by atoms with van der Waals surface area (Å²) in [6.45, 7) is 6.42. The van der Waals surface area contributed by atoms with Crippen LogP contribution in [0, 0.1) is 5.41 Å². The lowest BCUT2D eigenvalue weighted by Gasteiger charge is -2.23. The lowest BCUT2D eigenvalue weighted by atomic mass is 9.89. The van der Waals surface area contributed by atoms with Crippen molar-refractivity contribution >= 4 is 5.91 Å². The van der Waals surface area contributed by atoms with Crippen molar-refractivity contribution in [3.63, 3.8) is 0 Å². The van der Waals surface area contributed by atoms with Crippen LogP contribution in [0.1, 0.15) is 39.0 Å². The van der Waals surface area contributed by atoms with Crippen LogP contribution in [-0.4, -0.2) is 50.1 Å². The van der Waals surface area contributed by atoms with Gasteiger partial charge in [0.2, 0.25) is 5.91 Å². The van der Waals surface area contributed by atoms with Crippen LogP contribution in [-0.2, 0) is 4.79 Å². The predicted octanol–water partition coefficient (Wildman–Crippen LogP) is 0.977. The van der Waals surface area contributed by atoms with Gasteiger partial charge in [-0.1, -0.05) is 0 Å². The van der Waals surface area contributed by atoms with Crippen LogP contribution in [0.2, 0.25) is 0 Å². The largest absolute Gasteiger partial charge is 0.359 e. The minimum atomic E-state index is -0.166. The molecule has 2 rings (SSSR count). The summed E-state index contributed by atoms with van der Waals surface area (Å²) in [4.78, 5) is 14.3. The van der Waals surface area contributed by atoms with Crippen LogP contribution in [0.3, 0.4) is 0 Å². The Bertz CT molecular complexity index is 289. The maximum Gasteiger partial charge on any atom is 0.227 e. The molecule has 4 nitrogen and oxygen atoms in total. The molecule has 0 bridgehead atoms. The van der Waals surface area contributed by atoms with E-state index in [9.17, 15) is 4.79 Å². The zero-order chi connectivity index (χ0) is 13.0. The van der Waals surface area contributed by atoms with Gasteiger partial charge in [-0.2, -0.15) is 0 Å². The van der Waals surface area contributed by atoms with Gasteiger partial charge >= 0.3 is 0 Å². The molecule has 0 saturated carbocycles. The van der Waals surface area contributed by atoms with Gasteiger partial charge in [-0.15, -0.1) is 0 Å². The second-order valence-electron chi connectivity index (χ2n) is 6.10. The summed E-state index contributed by atoms with van der Waals surface area (Å²) < 4.78 is 0. The van der Waals surface area contributed by atoms with Gasteiger partial charge in [0.05, 0.1) is 5.41 Å². The van der Waals surface area contributed by atoms with Crippen LogP contribution >= 0.6 is 0 Å². The fourth-order valence-electron chi connectivity index (χ4n) is 3.30. The van der Waals surface area contributed by atoms with Gasteiger partial charge in [-0.25, -0.2) is 0 Å². The summed E-state index contributed by atoms with van der Waals surface area (Å²) in [6.07, 6.45) is 6.21. The minimum absolute atomic E-state index is 0.166. The molecule has 0 spiro atoms. The quantitative estimate of drug-likeness (QED) is 0.767. The van der Waals surface area contributed by atoms with E-state index in [4.69, 9.17) is 0 Å². The Hall–Kier alpha value is -0.610. The van der Waals surface area contributed by atoms with Gasteiger partial charge in [0.15, 0.2) is 0 Å². The number of nitrogens with one attached hydrogen (secondary N) is 2. The summed E-state index contributed by atoms with van der Waals surface area (Å²) in [6, 6.07) is 0.748. The molecule has 1 amide bonds. The van der Waals surface area contributed by atoms with Crippen LogP contribution in [0.25, 0.3) is 0 Å². The first-order valence-corrected chi connectivity index (χ1v) is 7.32. The molecular formula is C14H27N3O. The highest BCUT2D eigenvalue weighted by atomic mass is 16.2. The number of amides is 1. The van der Waals surface area contributed by atoms with Crippen molar-refractivity contribution in [2.24, 2.45) is 5.41 Å². The number of likely N-dealkylation sites (tertiary alicyclic amines) is 1. The number of rotatable bonds is 5. The zero-order valence-electron chi connectivity index (χ0n) is 11.8. The van der Waals surface area contributed by atoms with Gasteiger partial charge in [0.25, 0.3) is 0 Å². The highest BCUT2D eigenvalue weighted by Gasteiger charge is 2.39. The second-order valence-corrected chi connectivity index (χ2v) is 6.10. The van der Waals surface area contributed by atoms with Crippen molar-refractivity contribution in [1.29, 1.82) is 0 Å². The standard InChI is InChI=1S/C14H27N3O/c1-14(13(18)15-2)7-10-17(11-14)9-4-6-12-5-3-8-16-12/h12,16H,3-11H2,1-2H3,(H,15,18). The fourth-order valence-corrected chi connectivity index (χ4v) is 3.30. The first-order chi connectivity index (χ1) is 8.64. The van der Waals surface area contributed by atoms with Gasteiger partial charge in [0, 0.05) is 19.6 Å². The van der Waals surface area contributed by atoms with Crippen LogP contribution in [0.4, 0.5) is 0 Å². The third kappa shape index (κ3) is 3.23. The first kappa shape index (κ1) is 13.8. The molecule has 2 fully saturated rings. The number of carbonyl (C=O) groups excluding carboxylic acids is 1. The van der Waals surface area contributed by atoms with Crippen molar-refractivity contribution in [2.75, 3.05) is 33.2 Å². The number of carbonyl (C=O) groups is 1. The van der Waals surface area contributed by atoms with Gasteiger partial charge in [0.1, 0.15) is 0 Å². The van der Waals surface area contributed by atoms with Crippen molar-refractivity contribution in [2.45, 2.75) is 45.1 Å². The van der Waals surface area contributed by atoms with E-state index < -0.39 is 0 Å². The van der Waals surface area contributed by atoms with E-state index in [1.807, 2.05) is 0 Å². The SMILES string of the molecule is CNC(=O)C1(C)CCN(CCCC2CCCN2)C1. The van der Waals surface area contributed by atoms with Gasteiger partial charge in [-0.3, -0.25) is 4.79 Å². The maximum atomic E-state index is 11.8. The molecule has 0 aromatic carbocycles. The predicted molar refractivity (Wildman–Crippen MR) is 73.5 cm³/mol. The Morgan fingerprint density at radius 3 is 3.06 bits per heavy atom. The van der Waals surface area contributed by atoms with E-state index in [1.165, 1.54) is 32.2 Å². The van der Waals surface area contributed by atoms with Gasteiger partial charge < -0.3 is 15.5 Å². The molecule has 18 heavy (non-hydrogen) atoms. The molecule has 2 heterocycles. The fraction of sp³-hybridized carbons (Fsp3) is 0.929. The highest BCUT2D eigenvalue weighted by Crippen LogP contribution is 2.30. The zero-order valence-corrected chi connectivity index (χ0v) is 11.8. The molecule has 2 aliphatic heterocycles. The molecular weight excluding hydrogens is 226 g/mol. The van der Waals surface area contributed by atoms with E-state index >= 15 is 0 Å². The number of hydrogen-bond donors (Lipinski definition) is 2. The Morgan fingerprint density at radius 2 is 2.39 bits per heavy atom. The molecule has 2 aliphatic rings. The molecule has 2 N–H and O–H groups in total. The molecule has 4 heteroatoms.